The van der Waals surface area contributed by atoms with E-state index in [1.54, 1.807) is 0 Å². The van der Waals surface area contributed by atoms with Crippen LogP contribution in [0.5, 0.6) is 5.75 Å². The zero-order chi connectivity index (χ0) is 11.3. The molecule has 1 unspecified atom stereocenters. The van der Waals surface area contributed by atoms with Crippen LogP contribution in [-0.2, 0) is 27.5 Å². The predicted octanol–water partition coefficient (Wildman–Crippen LogP) is 2.74. The van der Waals surface area contributed by atoms with Crippen LogP contribution in [0.4, 0.5) is 0 Å². The second-order valence-corrected chi connectivity index (χ2v) is 3.91. The van der Waals surface area contributed by atoms with E-state index in [0.29, 0.717) is 12.6 Å². The standard InChI is InChI=1S/C13H20NO.Ar.W/c1-5-12-6-8-13(9-7-12)15-10-11(2)14(3)4;;/h6-9,11H,3,5,10H2,1-2,4H3;;/q-1;;. The Balaban J connectivity index is 0. The summed E-state index contributed by atoms with van der Waals surface area (Å²) in [6, 6.07) is 8.58. The molecule has 0 fully saturated rings. The van der Waals surface area contributed by atoms with E-state index in [2.05, 4.69) is 33.0 Å². The van der Waals surface area contributed by atoms with E-state index < -0.39 is 0 Å². The SMILES string of the molecule is [Ar].[CH2-]N(C)C(C)COc1ccc(CC)cc1.[W]. The van der Waals surface area contributed by atoms with Gasteiger partial charge >= 0.3 is 0 Å². The second kappa shape index (κ2) is 10.8. The Labute approximate surface area is 149 Å². The molecule has 0 aliphatic carbocycles. The van der Waals surface area contributed by atoms with Crippen LogP contribution in [0.1, 0.15) is 19.4 Å². The third-order valence-electron chi connectivity index (χ3n) is 2.58. The summed E-state index contributed by atoms with van der Waals surface area (Å²) >= 11 is 0. The monoisotopic (exact) mass is 430 g/mol. The van der Waals surface area contributed by atoms with Gasteiger partial charge in [0.2, 0.25) is 0 Å². The average molecular weight is 430 g/mol. The molecule has 0 bridgehead atoms. The van der Waals surface area contributed by atoms with Gasteiger partial charge in [-0.25, -0.2) is 0 Å². The molecule has 1 aromatic rings. The Morgan fingerprint density at radius 3 is 2.24 bits per heavy atom. The zero-order valence-corrected chi connectivity index (χ0v) is 14.3. The van der Waals surface area contributed by atoms with E-state index >= 15 is 0 Å². The van der Waals surface area contributed by atoms with E-state index in [4.69, 9.17) is 4.74 Å². The van der Waals surface area contributed by atoms with Gasteiger partial charge in [-0.1, -0.05) is 19.1 Å². The van der Waals surface area contributed by atoms with E-state index in [-0.39, 0.29) is 58.8 Å². The first kappa shape index (κ1) is 20.2. The van der Waals surface area contributed by atoms with Gasteiger partial charge < -0.3 is 9.64 Å². The molecule has 17 heavy (non-hydrogen) atoms. The molecule has 0 aliphatic heterocycles. The van der Waals surface area contributed by atoms with Gasteiger partial charge in [0, 0.05) is 64.8 Å². The molecule has 0 radical (unpaired) electrons. The Morgan fingerprint density at radius 2 is 1.82 bits per heavy atom. The third-order valence-corrected chi connectivity index (χ3v) is 2.58. The van der Waals surface area contributed by atoms with Crippen LogP contribution >= 0.6 is 0 Å². The molecular formula is C13H20ArNOW-. The van der Waals surface area contributed by atoms with Crippen LogP contribution in [0.25, 0.3) is 0 Å². The normalized spacial score (nSPS) is 11.4. The van der Waals surface area contributed by atoms with E-state index in [1.165, 1.54) is 5.56 Å². The van der Waals surface area contributed by atoms with Crippen LogP contribution in [0, 0.1) is 44.8 Å². The van der Waals surface area contributed by atoms with Crippen molar-refractivity contribution in [1.29, 1.82) is 0 Å². The molecule has 0 saturated heterocycles. The Kier molecular flexibility index (Phi) is 12.9. The van der Waals surface area contributed by atoms with Crippen molar-refractivity contribution < 1.29 is 63.5 Å². The molecule has 2 nitrogen and oxygen atoms in total. The van der Waals surface area contributed by atoms with Crippen molar-refractivity contribution in [2.24, 2.45) is 0 Å². The minimum atomic E-state index is 0. The first-order valence-corrected chi connectivity index (χ1v) is 5.38. The molecule has 0 heterocycles. The molecule has 1 rings (SSSR count). The number of rotatable bonds is 5. The summed E-state index contributed by atoms with van der Waals surface area (Å²) in [5.74, 6) is 0.931. The first-order valence-electron chi connectivity index (χ1n) is 5.38. The molecular weight excluding hydrogens is 410 g/mol. The van der Waals surface area contributed by atoms with Crippen molar-refractivity contribution in [2.75, 3.05) is 13.7 Å². The van der Waals surface area contributed by atoms with Crippen molar-refractivity contribution in [3.63, 3.8) is 0 Å². The topological polar surface area (TPSA) is 12.5 Å². The van der Waals surface area contributed by atoms with Gasteiger partial charge in [0.15, 0.2) is 0 Å². The van der Waals surface area contributed by atoms with Crippen molar-refractivity contribution in [1.82, 2.24) is 4.90 Å². The summed E-state index contributed by atoms with van der Waals surface area (Å²) in [7, 11) is 5.78. The minimum Gasteiger partial charge on any atom is -0.492 e. The van der Waals surface area contributed by atoms with Gasteiger partial charge in [-0.05, 0) is 38.1 Å². The number of hydrogen-bond acceptors (Lipinski definition) is 2. The van der Waals surface area contributed by atoms with Gasteiger partial charge in [0.1, 0.15) is 12.4 Å². The fourth-order valence-electron chi connectivity index (χ4n) is 1.17. The largest absolute Gasteiger partial charge is 0.492 e. The van der Waals surface area contributed by atoms with E-state index in [9.17, 15) is 0 Å². The smallest absolute Gasteiger partial charge is 0.119 e. The average Bonchev–Trinajstić information content (AvgIpc) is 2.26. The maximum atomic E-state index is 5.65. The van der Waals surface area contributed by atoms with Gasteiger partial charge in [0.25, 0.3) is 0 Å². The van der Waals surface area contributed by atoms with Crippen LogP contribution in [-0.4, -0.2) is 24.6 Å². The number of benzene rings is 1. The Bertz CT molecular complexity index is 290. The molecule has 0 amide bonds. The van der Waals surface area contributed by atoms with Gasteiger partial charge in [-0.15, -0.1) is 0 Å². The van der Waals surface area contributed by atoms with Gasteiger partial charge in [-0.3, -0.25) is 7.05 Å². The van der Waals surface area contributed by atoms with Crippen molar-refractivity contribution in [3.8, 4) is 5.75 Å². The molecule has 0 aliphatic rings. The first-order chi connectivity index (χ1) is 7.13. The van der Waals surface area contributed by atoms with Crippen LogP contribution < -0.4 is 4.74 Å². The number of nitrogens with zero attached hydrogens (tertiary/aromatic N) is 1. The maximum Gasteiger partial charge on any atom is 0.119 e. The fraction of sp³-hybridized carbons (Fsp3) is 0.462. The number of aryl methyl sites for hydroxylation is 1. The number of ether oxygens (including phenoxy) is 1. The summed E-state index contributed by atoms with van der Waals surface area (Å²) in [6.07, 6.45) is 1.07. The minimum absolute atomic E-state index is 0. The van der Waals surface area contributed by atoms with Crippen LogP contribution in [0.3, 0.4) is 0 Å². The molecule has 0 N–H and O–H groups in total. The molecule has 1 aromatic carbocycles. The summed E-state index contributed by atoms with van der Waals surface area (Å²) in [5.41, 5.74) is 1.34. The quantitative estimate of drug-likeness (QED) is 0.667. The molecule has 4 heteroatoms. The second-order valence-electron chi connectivity index (χ2n) is 3.91. The van der Waals surface area contributed by atoms with Gasteiger partial charge in [-0.2, -0.15) is 0 Å². The number of likely N-dealkylation sites (N-methyl/N-ethyl adjacent to an activating group) is 1. The fourth-order valence-corrected chi connectivity index (χ4v) is 1.17. The predicted molar refractivity (Wildman–Crippen MR) is 63.9 cm³/mol. The zero-order valence-electron chi connectivity index (χ0n) is 10.6. The Hall–Kier alpha value is 0.928. The molecule has 1 atom stereocenters. The van der Waals surface area contributed by atoms with Crippen LogP contribution in [0.2, 0.25) is 0 Å². The molecule has 0 spiro atoms. The number of hydrogen-bond donors (Lipinski definition) is 0. The summed E-state index contributed by atoms with van der Waals surface area (Å²) in [6.45, 7) is 4.91. The van der Waals surface area contributed by atoms with Crippen LogP contribution in [0.15, 0.2) is 24.3 Å². The molecule has 98 valence electrons. The maximum absolute atomic E-state index is 5.65. The molecule has 0 aromatic heterocycles. The van der Waals surface area contributed by atoms with Crippen molar-refractivity contribution in [3.05, 3.63) is 36.9 Å². The van der Waals surface area contributed by atoms with E-state index in [0.717, 1.165) is 12.2 Å². The van der Waals surface area contributed by atoms with Crippen molar-refractivity contribution >= 4 is 0 Å². The summed E-state index contributed by atoms with van der Waals surface area (Å²) in [5, 5.41) is 0. The van der Waals surface area contributed by atoms with Crippen molar-refractivity contribution in [2.45, 2.75) is 26.3 Å². The van der Waals surface area contributed by atoms with Gasteiger partial charge in [0.05, 0.1) is 0 Å². The molecule has 0 saturated carbocycles. The van der Waals surface area contributed by atoms with E-state index in [1.807, 2.05) is 24.1 Å². The third kappa shape index (κ3) is 7.85. The Morgan fingerprint density at radius 1 is 1.29 bits per heavy atom. The summed E-state index contributed by atoms with van der Waals surface area (Å²) < 4.78 is 5.65. The summed E-state index contributed by atoms with van der Waals surface area (Å²) in [4.78, 5) is 1.90.